The molecule has 0 saturated heterocycles. The van der Waals surface area contributed by atoms with Crippen LogP contribution in [-0.4, -0.2) is 11.1 Å². The fraction of sp³-hybridized carbons (Fsp3) is 0.278. The van der Waals surface area contributed by atoms with E-state index in [9.17, 15) is 9.90 Å². The predicted octanol–water partition coefficient (Wildman–Crippen LogP) is 3.58. The van der Waals surface area contributed by atoms with Gasteiger partial charge in [0.05, 0.1) is 12.0 Å². The SMILES string of the molecule is Cc1cccc(C)c1OC(=O)[C@H](C)[C@H](O)c1ccccc1. The lowest BCUT2D eigenvalue weighted by Gasteiger charge is -2.19. The first kappa shape index (κ1) is 15.3. The standard InChI is InChI=1S/C18H20O3/c1-12-8-7-9-13(2)17(12)21-18(20)14(3)16(19)15-10-5-4-6-11-15/h4-11,14,16,19H,1-3H3/t14-,16+/m1/s1. The third kappa shape index (κ3) is 3.50. The van der Waals surface area contributed by atoms with Crippen LogP contribution < -0.4 is 4.74 Å². The summed E-state index contributed by atoms with van der Waals surface area (Å²) in [5, 5.41) is 10.3. The van der Waals surface area contributed by atoms with Crippen LogP contribution in [-0.2, 0) is 4.79 Å². The third-order valence-corrected chi connectivity index (χ3v) is 3.60. The quantitative estimate of drug-likeness (QED) is 0.689. The second-order valence-corrected chi connectivity index (χ2v) is 5.29. The Morgan fingerprint density at radius 3 is 2.14 bits per heavy atom. The molecule has 2 aromatic carbocycles. The summed E-state index contributed by atoms with van der Waals surface area (Å²) in [5.74, 6) is -0.482. The number of hydrogen-bond donors (Lipinski definition) is 1. The Morgan fingerprint density at radius 2 is 1.57 bits per heavy atom. The summed E-state index contributed by atoms with van der Waals surface area (Å²) in [5.41, 5.74) is 2.53. The van der Waals surface area contributed by atoms with Crippen molar-refractivity contribution in [2.24, 2.45) is 5.92 Å². The number of benzene rings is 2. The summed E-state index contributed by atoms with van der Waals surface area (Å²) < 4.78 is 5.48. The monoisotopic (exact) mass is 284 g/mol. The van der Waals surface area contributed by atoms with Crippen LogP contribution >= 0.6 is 0 Å². The maximum atomic E-state index is 12.2. The number of carbonyl (C=O) groups is 1. The van der Waals surface area contributed by atoms with Crippen LogP contribution in [0.15, 0.2) is 48.5 Å². The molecule has 0 spiro atoms. The lowest BCUT2D eigenvalue weighted by Crippen LogP contribution is -2.24. The molecule has 3 heteroatoms. The molecule has 0 unspecified atom stereocenters. The van der Waals surface area contributed by atoms with Crippen LogP contribution in [0.2, 0.25) is 0 Å². The maximum Gasteiger partial charge on any atom is 0.317 e. The molecule has 0 aliphatic heterocycles. The summed E-state index contributed by atoms with van der Waals surface area (Å²) in [7, 11) is 0. The minimum absolute atomic E-state index is 0.427. The third-order valence-electron chi connectivity index (χ3n) is 3.60. The number of aliphatic hydroxyl groups excluding tert-OH is 1. The summed E-state index contributed by atoms with van der Waals surface area (Å²) in [6, 6.07) is 14.9. The lowest BCUT2D eigenvalue weighted by molar-refractivity contribution is -0.142. The molecule has 2 atom stereocenters. The molecule has 2 aromatic rings. The van der Waals surface area contributed by atoms with Crippen LogP contribution in [0.4, 0.5) is 0 Å². The van der Waals surface area contributed by atoms with E-state index < -0.39 is 18.0 Å². The van der Waals surface area contributed by atoms with Gasteiger partial charge in [-0.2, -0.15) is 0 Å². The molecule has 0 aliphatic rings. The van der Waals surface area contributed by atoms with Gasteiger partial charge in [-0.3, -0.25) is 4.79 Å². The van der Waals surface area contributed by atoms with Crippen molar-refractivity contribution >= 4 is 5.97 Å². The van der Waals surface area contributed by atoms with E-state index in [-0.39, 0.29) is 0 Å². The molecule has 1 N–H and O–H groups in total. The Hall–Kier alpha value is -2.13. The first-order chi connectivity index (χ1) is 10.0. The van der Waals surface area contributed by atoms with E-state index in [0.717, 1.165) is 11.1 Å². The van der Waals surface area contributed by atoms with Gasteiger partial charge >= 0.3 is 5.97 Å². The zero-order valence-corrected chi connectivity index (χ0v) is 12.5. The lowest BCUT2D eigenvalue weighted by atomic mass is 9.97. The predicted molar refractivity (Wildman–Crippen MR) is 82.1 cm³/mol. The highest BCUT2D eigenvalue weighted by Crippen LogP contribution is 2.27. The molecular weight excluding hydrogens is 264 g/mol. The summed E-state index contributed by atoms with van der Waals surface area (Å²) in [4.78, 5) is 12.2. The van der Waals surface area contributed by atoms with Crippen molar-refractivity contribution in [3.63, 3.8) is 0 Å². The van der Waals surface area contributed by atoms with Gasteiger partial charge in [0.25, 0.3) is 0 Å². The minimum Gasteiger partial charge on any atom is -0.426 e. The number of para-hydroxylation sites is 1. The normalized spacial score (nSPS) is 13.5. The van der Waals surface area contributed by atoms with Crippen LogP contribution in [0.1, 0.15) is 29.7 Å². The number of ether oxygens (including phenoxy) is 1. The highest BCUT2D eigenvalue weighted by molar-refractivity contribution is 5.76. The number of aliphatic hydroxyl groups is 1. The van der Waals surface area contributed by atoms with Gasteiger partial charge in [-0.25, -0.2) is 0 Å². The van der Waals surface area contributed by atoms with E-state index in [1.165, 1.54) is 0 Å². The molecule has 0 radical (unpaired) electrons. The van der Waals surface area contributed by atoms with Gasteiger partial charge in [0.1, 0.15) is 5.75 Å². The average Bonchev–Trinajstić information content (AvgIpc) is 2.50. The summed E-state index contributed by atoms with van der Waals surface area (Å²) in [6.07, 6.45) is -0.872. The molecule has 0 heterocycles. The molecule has 0 aliphatic carbocycles. The minimum atomic E-state index is -0.872. The Labute approximate surface area is 125 Å². The second kappa shape index (κ2) is 6.55. The number of esters is 1. The number of carbonyl (C=O) groups excluding carboxylic acids is 1. The van der Waals surface area contributed by atoms with E-state index in [1.807, 2.05) is 50.2 Å². The molecule has 0 bridgehead atoms. The van der Waals surface area contributed by atoms with Gasteiger partial charge < -0.3 is 9.84 Å². The Kier molecular flexibility index (Phi) is 4.76. The van der Waals surface area contributed by atoms with Crippen molar-refractivity contribution in [2.45, 2.75) is 26.9 Å². The number of rotatable bonds is 4. The molecule has 21 heavy (non-hydrogen) atoms. The van der Waals surface area contributed by atoms with Gasteiger partial charge in [0.2, 0.25) is 0 Å². The fourth-order valence-electron chi connectivity index (χ4n) is 2.22. The zero-order valence-electron chi connectivity index (χ0n) is 12.5. The van der Waals surface area contributed by atoms with Crippen molar-refractivity contribution in [1.82, 2.24) is 0 Å². The van der Waals surface area contributed by atoms with E-state index in [1.54, 1.807) is 19.1 Å². The van der Waals surface area contributed by atoms with Gasteiger partial charge in [-0.05, 0) is 37.5 Å². The number of aryl methyl sites for hydroxylation is 2. The van der Waals surface area contributed by atoms with Gasteiger partial charge in [0.15, 0.2) is 0 Å². The van der Waals surface area contributed by atoms with Crippen molar-refractivity contribution in [1.29, 1.82) is 0 Å². The van der Waals surface area contributed by atoms with E-state index in [2.05, 4.69) is 0 Å². The van der Waals surface area contributed by atoms with Gasteiger partial charge in [-0.1, -0.05) is 48.5 Å². The molecule has 0 saturated carbocycles. The Bertz CT molecular complexity index is 599. The van der Waals surface area contributed by atoms with Crippen LogP contribution in [0, 0.1) is 19.8 Å². The highest BCUT2D eigenvalue weighted by atomic mass is 16.5. The van der Waals surface area contributed by atoms with E-state index in [4.69, 9.17) is 4.74 Å². The summed E-state index contributed by atoms with van der Waals surface area (Å²) in [6.45, 7) is 5.47. The van der Waals surface area contributed by atoms with Gasteiger partial charge in [-0.15, -0.1) is 0 Å². The zero-order chi connectivity index (χ0) is 15.4. The van der Waals surface area contributed by atoms with E-state index >= 15 is 0 Å². The Balaban J connectivity index is 2.13. The molecule has 2 rings (SSSR count). The molecule has 110 valence electrons. The van der Waals surface area contributed by atoms with Crippen LogP contribution in [0.5, 0.6) is 5.75 Å². The summed E-state index contributed by atoms with van der Waals surface area (Å²) >= 11 is 0. The van der Waals surface area contributed by atoms with Gasteiger partial charge in [0, 0.05) is 0 Å². The highest BCUT2D eigenvalue weighted by Gasteiger charge is 2.26. The second-order valence-electron chi connectivity index (χ2n) is 5.29. The largest absolute Gasteiger partial charge is 0.426 e. The number of hydrogen-bond acceptors (Lipinski definition) is 3. The average molecular weight is 284 g/mol. The Morgan fingerprint density at radius 1 is 1.00 bits per heavy atom. The van der Waals surface area contributed by atoms with Crippen LogP contribution in [0.25, 0.3) is 0 Å². The first-order valence-electron chi connectivity index (χ1n) is 7.01. The fourth-order valence-corrected chi connectivity index (χ4v) is 2.22. The first-order valence-corrected chi connectivity index (χ1v) is 7.01. The molecule has 0 fully saturated rings. The molecular formula is C18H20O3. The van der Waals surface area contributed by atoms with E-state index in [0.29, 0.717) is 11.3 Å². The van der Waals surface area contributed by atoms with Crippen molar-refractivity contribution in [3.8, 4) is 5.75 Å². The molecule has 3 nitrogen and oxygen atoms in total. The smallest absolute Gasteiger partial charge is 0.317 e. The van der Waals surface area contributed by atoms with Crippen molar-refractivity contribution in [3.05, 3.63) is 65.2 Å². The molecule has 0 amide bonds. The van der Waals surface area contributed by atoms with Crippen LogP contribution in [0.3, 0.4) is 0 Å². The topological polar surface area (TPSA) is 46.5 Å². The van der Waals surface area contributed by atoms with Crippen molar-refractivity contribution < 1.29 is 14.6 Å². The molecule has 0 aromatic heterocycles. The van der Waals surface area contributed by atoms with Crippen molar-refractivity contribution in [2.75, 3.05) is 0 Å². The maximum absolute atomic E-state index is 12.2.